The molecular weight excluding hydrogens is 428 g/mol. The van der Waals surface area contributed by atoms with Crippen LogP contribution in [-0.2, 0) is 4.79 Å². The van der Waals surface area contributed by atoms with Gasteiger partial charge in [-0.05, 0) is 69.1 Å². The molecule has 0 unspecified atom stereocenters. The molecule has 2 aromatic carbocycles. The van der Waals surface area contributed by atoms with Crippen molar-refractivity contribution in [2.24, 2.45) is 0 Å². The summed E-state index contributed by atoms with van der Waals surface area (Å²) in [6.45, 7) is 5.29. The fourth-order valence-electron chi connectivity index (χ4n) is 4.48. The lowest BCUT2D eigenvalue weighted by Gasteiger charge is -2.34. The number of carbonyl (C=O) groups is 2. The van der Waals surface area contributed by atoms with Crippen molar-refractivity contribution < 1.29 is 23.1 Å². The molecule has 2 fully saturated rings. The summed E-state index contributed by atoms with van der Waals surface area (Å²) in [6, 6.07) is 11.2. The van der Waals surface area contributed by atoms with Gasteiger partial charge in [-0.2, -0.15) is 0 Å². The van der Waals surface area contributed by atoms with E-state index < -0.39 is 23.1 Å². The number of likely N-dealkylation sites (tertiary alicyclic amines) is 1. The second-order valence-corrected chi connectivity index (χ2v) is 8.59. The van der Waals surface area contributed by atoms with Crippen molar-refractivity contribution in [3.05, 3.63) is 59.7 Å². The molecule has 0 aliphatic carbocycles. The number of ether oxygens (including phenoxy) is 1. The van der Waals surface area contributed by atoms with Crippen LogP contribution in [0.4, 0.5) is 14.5 Å². The number of halogens is 2. The zero-order valence-corrected chi connectivity index (χ0v) is 18.8. The number of rotatable bonds is 7. The first-order valence-corrected chi connectivity index (χ1v) is 11.4. The van der Waals surface area contributed by atoms with Crippen molar-refractivity contribution in [1.29, 1.82) is 0 Å². The Morgan fingerprint density at radius 1 is 1.06 bits per heavy atom. The van der Waals surface area contributed by atoms with E-state index in [-0.39, 0.29) is 25.5 Å². The van der Waals surface area contributed by atoms with Gasteiger partial charge in [-0.3, -0.25) is 9.59 Å². The van der Waals surface area contributed by atoms with Crippen LogP contribution >= 0.6 is 0 Å². The van der Waals surface area contributed by atoms with Crippen LogP contribution in [0, 0.1) is 11.6 Å². The Morgan fingerprint density at radius 2 is 1.79 bits per heavy atom. The third kappa shape index (κ3) is 5.33. The maximum absolute atomic E-state index is 13.9. The molecule has 0 aromatic heterocycles. The predicted molar refractivity (Wildman–Crippen MR) is 121 cm³/mol. The molecule has 2 aromatic rings. The van der Waals surface area contributed by atoms with Crippen LogP contribution in [0.1, 0.15) is 36.5 Å². The summed E-state index contributed by atoms with van der Waals surface area (Å²) in [6.07, 6.45) is 3.50. The summed E-state index contributed by atoms with van der Waals surface area (Å²) in [5, 5.41) is 0. The molecule has 2 saturated heterocycles. The number of amides is 2. The summed E-state index contributed by atoms with van der Waals surface area (Å²) >= 11 is 0. The molecular formula is C25H29F2N3O3. The average molecular weight is 458 g/mol. The van der Waals surface area contributed by atoms with Gasteiger partial charge >= 0.3 is 0 Å². The van der Waals surface area contributed by atoms with Crippen molar-refractivity contribution in [3.8, 4) is 5.75 Å². The van der Waals surface area contributed by atoms with Gasteiger partial charge in [0.2, 0.25) is 5.91 Å². The number of benzene rings is 2. The van der Waals surface area contributed by atoms with Gasteiger partial charge in [0.25, 0.3) is 5.91 Å². The molecule has 8 heteroatoms. The van der Waals surface area contributed by atoms with Crippen LogP contribution in [0.5, 0.6) is 5.75 Å². The van der Waals surface area contributed by atoms with Crippen LogP contribution in [0.15, 0.2) is 42.5 Å². The van der Waals surface area contributed by atoms with E-state index in [1.165, 1.54) is 23.8 Å². The number of nitrogens with zero attached hydrogens (tertiary/aromatic N) is 3. The smallest absolute Gasteiger partial charge is 0.260 e. The third-order valence-electron chi connectivity index (χ3n) is 6.38. The van der Waals surface area contributed by atoms with Gasteiger partial charge < -0.3 is 19.4 Å². The van der Waals surface area contributed by atoms with Gasteiger partial charge in [-0.1, -0.05) is 6.07 Å². The van der Waals surface area contributed by atoms with E-state index in [1.54, 1.807) is 4.90 Å². The second kappa shape index (κ2) is 10.3. The maximum Gasteiger partial charge on any atom is 0.260 e. The van der Waals surface area contributed by atoms with Crippen LogP contribution in [0.3, 0.4) is 0 Å². The first kappa shape index (κ1) is 23.2. The van der Waals surface area contributed by atoms with Crippen molar-refractivity contribution in [2.45, 2.75) is 32.2 Å². The first-order valence-electron chi connectivity index (χ1n) is 11.4. The molecule has 6 nitrogen and oxygen atoms in total. The van der Waals surface area contributed by atoms with Crippen LogP contribution in [0.25, 0.3) is 0 Å². The lowest BCUT2D eigenvalue weighted by molar-refractivity contribution is -0.120. The Morgan fingerprint density at radius 3 is 2.42 bits per heavy atom. The lowest BCUT2D eigenvalue weighted by Crippen LogP contribution is -2.52. The summed E-state index contributed by atoms with van der Waals surface area (Å²) in [7, 11) is 0. The van der Waals surface area contributed by atoms with Gasteiger partial charge in [-0.15, -0.1) is 0 Å². The maximum atomic E-state index is 13.9. The zero-order chi connectivity index (χ0) is 23.4. The fourth-order valence-corrected chi connectivity index (χ4v) is 4.48. The molecule has 2 heterocycles. The number of piperazine rings is 1. The normalized spacial score (nSPS) is 19.2. The first-order chi connectivity index (χ1) is 15.9. The Labute approximate surface area is 192 Å². The van der Waals surface area contributed by atoms with Crippen LogP contribution in [0.2, 0.25) is 0 Å². The molecule has 1 atom stereocenters. The van der Waals surface area contributed by atoms with E-state index >= 15 is 0 Å². The van der Waals surface area contributed by atoms with Gasteiger partial charge in [0.15, 0.2) is 0 Å². The molecule has 4 rings (SSSR count). The number of anilines is 1. The SMILES string of the molecule is C[C@@H]1CCCN1CCCOc1ccc(N2CCN(C(=O)c3c(F)cccc3F)CC2=O)cc1. The zero-order valence-electron chi connectivity index (χ0n) is 18.8. The minimum Gasteiger partial charge on any atom is -0.494 e. The van der Waals surface area contributed by atoms with Gasteiger partial charge in [0, 0.05) is 31.4 Å². The standard InChI is InChI=1S/C25H29F2N3O3/c1-18-5-3-12-28(18)13-4-16-33-20-10-8-19(9-11-20)30-15-14-29(17-23(30)31)25(32)24-21(26)6-2-7-22(24)27/h2,6-11,18H,3-5,12-17H2,1H3/t18-/m1/s1. The van der Waals surface area contributed by atoms with E-state index in [9.17, 15) is 18.4 Å². The topological polar surface area (TPSA) is 53.1 Å². The highest BCUT2D eigenvalue weighted by Crippen LogP contribution is 2.23. The average Bonchev–Trinajstić information content (AvgIpc) is 3.21. The molecule has 2 aliphatic rings. The molecule has 2 aliphatic heterocycles. The summed E-state index contributed by atoms with van der Waals surface area (Å²) in [5.74, 6) is -2.24. The summed E-state index contributed by atoms with van der Waals surface area (Å²) in [4.78, 5) is 30.5. The van der Waals surface area contributed by atoms with E-state index in [4.69, 9.17) is 4.74 Å². The Bertz CT molecular complexity index is 979. The number of hydrogen-bond donors (Lipinski definition) is 0. The van der Waals surface area contributed by atoms with Crippen LogP contribution in [-0.4, -0.2) is 67.0 Å². The Kier molecular flexibility index (Phi) is 7.23. The highest BCUT2D eigenvalue weighted by Gasteiger charge is 2.31. The third-order valence-corrected chi connectivity index (χ3v) is 6.38. The highest BCUT2D eigenvalue weighted by atomic mass is 19.1. The molecule has 0 spiro atoms. The van der Waals surface area contributed by atoms with Gasteiger partial charge in [-0.25, -0.2) is 8.78 Å². The van der Waals surface area contributed by atoms with Crippen molar-refractivity contribution in [3.63, 3.8) is 0 Å². The largest absolute Gasteiger partial charge is 0.494 e. The van der Waals surface area contributed by atoms with Crippen molar-refractivity contribution >= 4 is 17.5 Å². The predicted octanol–water partition coefficient (Wildman–Crippen LogP) is 3.71. The van der Waals surface area contributed by atoms with E-state index in [0.29, 0.717) is 18.3 Å². The quantitative estimate of drug-likeness (QED) is 0.595. The van der Waals surface area contributed by atoms with Crippen LogP contribution < -0.4 is 9.64 Å². The Balaban J connectivity index is 1.28. The molecule has 2 amide bonds. The number of hydrogen-bond acceptors (Lipinski definition) is 4. The molecule has 0 bridgehead atoms. The van der Waals surface area contributed by atoms with E-state index in [2.05, 4.69) is 11.8 Å². The van der Waals surface area contributed by atoms with Gasteiger partial charge in [0.1, 0.15) is 29.5 Å². The minimum atomic E-state index is -0.930. The Hall–Kier alpha value is -3.00. The molecule has 0 saturated carbocycles. The van der Waals surface area contributed by atoms with Crippen molar-refractivity contribution in [1.82, 2.24) is 9.80 Å². The summed E-state index contributed by atoms with van der Waals surface area (Å²) in [5.41, 5.74) is 0.0712. The van der Waals surface area contributed by atoms with E-state index in [1.807, 2.05) is 24.3 Å². The highest BCUT2D eigenvalue weighted by molar-refractivity contribution is 6.01. The molecule has 0 N–H and O–H groups in total. The second-order valence-electron chi connectivity index (χ2n) is 8.59. The fraction of sp³-hybridized carbons (Fsp3) is 0.440. The van der Waals surface area contributed by atoms with Gasteiger partial charge in [0.05, 0.1) is 6.61 Å². The van der Waals surface area contributed by atoms with Crippen molar-refractivity contribution in [2.75, 3.05) is 44.2 Å². The molecule has 0 radical (unpaired) electrons. The van der Waals surface area contributed by atoms with E-state index in [0.717, 1.165) is 37.4 Å². The molecule has 176 valence electrons. The summed E-state index contributed by atoms with van der Waals surface area (Å²) < 4.78 is 33.7. The lowest BCUT2D eigenvalue weighted by atomic mass is 10.1. The minimum absolute atomic E-state index is 0.186. The number of carbonyl (C=O) groups excluding carboxylic acids is 2. The molecule has 33 heavy (non-hydrogen) atoms. The monoisotopic (exact) mass is 457 g/mol.